The molecular formula is C7H10N2O. The summed E-state index contributed by atoms with van der Waals surface area (Å²) in [6.07, 6.45) is 2.37. The van der Waals surface area contributed by atoms with Crippen LogP contribution >= 0.6 is 0 Å². The first kappa shape index (κ1) is 6.86. The van der Waals surface area contributed by atoms with Crippen LogP contribution in [0.5, 0.6) is 5.75 Å². The van der Waals surface area contributed by atoms with E-state index in [1.807, 2.05) is 6.92 Å². The number of hydrogen-bond donors (Lipinski definition) is 2. The number of anilines is 1. The maximum absolute atomic E-state index is 9.21. The van der Waals surface area contributed by atoms with Gasteiger partial charge in [-0.2, -0.15) is 0 Å². The van der Waals surface area contributed by atoms with Crippen molar-refractivity contribution in [2.75, 3.05) is 5.73 Å². The van der Waals surface area contributed by atoms with E-state index >= 15 is 0 Å². The summed E-state index contributed by atoms with van der Waals surface area (Å²) in [4.78, 5) is 3.72. The molecule has 3 N–H and O–H groups in total. The van der Waals surface area contributed by atoms with Crippen molar-refractivity contribution >= 4 is 5.82 Å². The molecule has 0 aliphatic rings. The van der Waals surface area contributed by atoms with Crippen LogP contribution in [0.25, 0.3) is 0 Å². The van der Waals surface area contributed by atoms with Gasteiger partial charge in [-0.3, -0.25) is 0 Å². The van der Waals surface area contributed by atoms with Crippen LogP contribution in [0.4, 0.5) is 5.82 Å². The van der Waals surface area contributed by atoms with Crippen molar-refractivity contribution in [3.05, 3.63) is 17.8 Å². The van der Waals surface area contributed by atoms with Crippen LogP contribution < -0.4 is 5.73 Å². The quantitative estimate of drug-likeness (QED) is 0.607. The highest BCUT2D eigenvalue weighted by Gasteiger charge is 2.01. The van der Waals surface area contributed by atoms with E-state index in [0.29, 0.717) is 0 Å². The number of aromatic nitrogens is 1. The summed E-state index contributed by atoms with van der Waals surface area (Å²) in [6, 6.07) is 1.76. The number of pyridine rings is 1. The third-order valence-electron chi connectivity index (χ3n) is 1.42. The van der Waals surface area contributed by atoms with Crippen LogP contribution in [0, 0.1) is 0 Å². The van der Waals surface area contributed by atoms with Gasteiger partial charge < -0.3 is 10.8 Å². The predicted octanol–water partition coefficient (Wildman–Crippen LogP) is 0.932. The molecule has 1 aromatic rings. The Bertz CT molecular complexity index is 235. The Morgan fingerprint density at radius 2 is 2.40 bits per heavy atom. The maximum atomic E-state index is 9.21. The molecule has 10 heavy (non-hydrogen) atoms. The average Bonchev–Trinajstić information content (AvgIpc) is 1.95. The van der Waals surface area contributed by atoms with Crippen molar-refractivity contribution in [3.8, 4) is 5.75 Å². The molecule has 0 bridgehead atoms. The lowest BCUT2D eigenvalue weighted by Gasteiger charge is -2.01. The van der Waals surface area contributed by atoms with Crippen LogP contribution in [0.1, 0.15) is 12.5 Å². The summed E-state index contributed by atoms with van der Waals surface area (Å²) in [5, 5.41) is 9.21. The van der Waals surface area contributed by atoms with Gasteiger partial charge in [-0.15, -0.1) is 0 Å². The van der Waals surface area contributed by atoms with Gasteiger partial charge in [0.25, 0.3) is 0 Å². The van der Waals surface area contributed by atoms with Crippen LogP contribution in [-0.2, 0) is 6.42 Å². The molecule has 0 radical (unpaired) electrons. The first-order valence-electron chi connectivity index (χ1n) is 3.18. The highest BCUT2D eigenvalue weighted by atomic mass is 16.3. The second kappa shape index (κ2) is 2.56. The highest BCUT2D eigenvalue weighted by Crippen LogP contribution is 2.21. The zero-order valence-corrected chi connectivity index (χ0v) is 5.83. The fourth-order valence-corrected chi connectivity index (χ4v) is 0.797. The van der Waals surface area contributed by atoms with Gasteiger partial charge in [0, 0.05) is 6.20 Å². The first-order valence-corrected chi connectivity index (χ1v) is 3.18. The molecule has 54 valence electrons. The Hall–Kier alpha value is -1.25. The number of hydrogen-bond acceptors (Lipinski definition) is 3. The molecule has 1 rings (SSSR count). The van der Waals surface area contributed by atoms with E-state index in [2.05, 4.69) is 4.98 Å². The van der Waals surface area contributed by atoms with E-state index in [1.165, 1.54) is 0 Å². The molecule has 1 aromatic heterocycles. The number of aryl methyl sites for hydroxylation is 1. The topological polar surface area (TPSA) is 59.1 Å². The first-order chi connectivity index (χ1) is 4.75. The fraction of sp³-hybridized carbons (Fsp3) is 0.286. The smallest absolute Gasteiger partial charge is 0.166 e. The molecule has 3 heteroatoms. The van der Waals surface area contributed by atoms with Crippen LogP contribution in [0.2, 0.25) is 0 Å². The average molecular weight is 138 g/mol. The van der Waals surface area contributed by atoms with Gasteiger partial charge in [-0.05, 0) is 18.1 Å². The molecule has 0 aliphatic heterocycles. The Balaban J connectivity index is 3.14. The molecule has 1 heterocycles. The highest BCUT2D eigenvalue weighted by molar-refractivity contribution is 5.49. The lowest BCUT2D eigenvalue weighted by atomic mass is 10.2. The van der Waals surface area contributed by atoms with Crippen LogP contribution in [-0.4, -0.2) is 10.1 Å². The lowest BCUT2D eigenvalue weighted by Crippen LogP contribution is -1.92. The monoisotopic (exact) mass is 138 g/mol. The minimum atomic E-state index is 0.116. The summed E-state index contributed by atoms with van der Waals surface area (Å²) in [7, 11) is 0. The third kappa shape index (κ3) is 1.03. The molecule has 0 spiro atoms. The number of nitrogens with two attached hydrogens (primary N) is 1. The van der Waals surface area contributed by atoms with E-state index < -0.39 is 0 Å². The SMILES string of the molecule is CCc1ccnc(N)c1O. The molecule has 0 unspecified atom stereocenters. The largest absolute Gasteiger partial charge is 0.504 e. The summed E-state index contributed by atoms with van der Waals surface area (Å²) < 4.78 is 0. The fourth-order valence-electron chi connectivity index (χ4n) is 0.797. The van der Waals surface area contributed by atoms with Crippen molar-refractivity contribution in [1.29, 1.82) is 0 Å². The van der Waals surface area contributed by atoms with Gasteiger partial charge in [-0.25, -0.2) is 4.98 Å². The molecule has 0 atom stereocenters. The Morgan fingerprint density at radius 1 is 1.70 bits per heavy atom. The standard InChI is InChI=1S/C7H10N2O/c1-2-5-3-4-9-7(8)6(5)10/h3-4,10H,2H2,1H3,(H2,8,9). The molecule has 0 saturated carbocycles. The van der Waals surface area contributed by atoms with Gasteiger partial charge in [0.2, 0.25) is 0 Å². The Labute approximate surface area is 59.5 Å². The van der Waals surface area contributed by atoms with Crippen molar-refractivity contribution < 1.29 is 5.11 Å². The van der Waals surface area contributed by atoms with Gasteiger partial charge in [0.15, 0.2) is 11.6 Å². The molecule has 0 saturated heterocycles. The number of aromatic hydroxyl groups is 1. The number of nitrogens with zero attached hydrogens (tertiary/aromatic N) is 1. The van der Waals surface area contributed by atoms with Crippen LogP contribution in [0.3, 0.4) is 0 Å². The molecular weight excluding hydrogens is 128 g/mol. The van der Waals surface area contributed by atoms with Gasteiger partial charge in [-0.1, -0.05) is 6.92 Å². The zero-order chi connectivity index (χ0) is 7.56. The molecule has 0 fully saturated rings. The predicted molar refractivity (Wildman–Crippen MR) is 39.7 cm³/mol. The number of rotatable bonds is 1. The summed E-state index contributed by atoms with van der Waals surface area (Å²) in [5.41, 5.74) is 6.18. The summed E-state index contributed by atoms with van der Waals surface area (Å²) >= 11 is 0. The zero-order valence-electron chi connectivity index (χ0n) is 5.83. The summed E-state index contributed by atoms with van der Waals surface area (Å²) in [5.74, 6) is 0.323. The Kier molecular flexibility index (Phi) is 1.76. The van der Waals surface area contributed by atoms with Crippen LogP contribution in [0.15, 0.2) is 12.3 Å². The minimum Gasteiger partial charge on any atom is -0.504 e. The van der Waals surface area contributed by atoms with Crippen molar-refractivity contribution in [1.82, 2.24) is 4.98 Å². The Morgan fingerprint density at radius 3 is 2.90 bits per heavy atom. The van der Waals surface area contributed by atoms with Gasteiger partial charge >= 0.3 is 0 Å². The van der Waals surface area contributed by atoms with Crippen molar-refractivity contribution in [3.63, 3.8) is 0 Å². The summed E-state index contributed by atoms with van der Waals surface area (Å²) in [6.45, 7) is 1.95. The minimum absolute atomic E-state index is 0.116. The van der Waals surface area contributed by atoms with E-state index in [1.54, 1.807) is 12.3 Å². The third-order valence-corrected chi connectivity index (χ3v) is 1.42. The van der Waals surface area contributed by atoms with E-state index in [0.717, 1.165) is 12.0 Å². The second-order valence-electron chi connectivity index (χ2n) is 2.06. The molecule has 0 aliphatic carbocycles. The molecule has 0 amide bonds. The maximum Gasteiger partial charge on any atom is 0.166 e. The molecule has 3 nitrogen and oxygen atoms in total. The van der Waals surface area contributed by atoms with Crippen molar-refractivity contribution in [2.45, 2.75) is 13.3 Å². The lowest BCUT2D eigenvalue weighted by molar-refractivity contribution is 0.469. The van der Waals surface area contributed by atoms with Gasteiger partial charge in [0.1, 0.15) is 0 Å². The van der Waals surface area contributed by atoms with E-state index in [9.17, 15) is 5.11 Å². The second-order valence-corrected chi connectivity index (χ2v) is 2.06. The normalized spacial score (nSPS) is 9.70. The van der Waals surface area contributed by atoms with E-state index in [4.69, 9.17) is 5.73 Å². The number of nitrogen functional groups attached to an aromatic ring is 1. The van der Waals surface area contributed by atoms with Gasteiger partial charge in [0.05, 0.1) is 0 Å². The molecule has 0 aromatic carbocycles. The van der Waals surface area contributed by atoms with E-state index in [-0.39, 0.29) is 11.6 Å². The van der Waals surface area contributed by atoms with Crippen molar-refractivity contribution in [2.24, 2.45) is 0 Å².